The third-order valence-electron chi connectivity index (χ3n) is 1.67. The molecule has 5 nitrogen and oxygen atoms in total. The first-order chi connectivity index (χ1) is 6.11. The SMILES string of the molecule is CC(O)CC(C(N)=O)c1ncco1. The van der Waals surface area contributed by atoms with Gasteiger partial charge in [0.25, 0.3) is 0 Å². The Hall–Kier alpha value is -1.36. The van der Waals surface area contributed by atoms with Crippen molar-refractivity contribution in [1.29, 1.82) is 0 Å². The van der Waals surface area contributed by atoms with Crippen LogP contribution in [0.2, 0.25) is 0 Å². The quantitative estimate of drug-likeness (QED) is 0.690. The van der Waals surface area contributed by atoms with E-state index in [9.17, 15) is 4.79 Å². The number of aromatic nitrogens is 1. The van der Waals surface area contributed by atoms with Gasteiger partial charge in [-0.15, -0.1) is 0 Å². The molecule has 2 unspecified atom stereocenters. The molecular formula is C8H12N2O3. The molecule has 0 aliphatic carbocycles. The molecule has 1 heterocycles. The largest absolute Gasteiger partial charge is 0.448 e. The van der Waals surface area contributed by atoms with Gasteiger partial charge in [0.1, 0.15) is 12.2 Å². The van der Waals surface area contributed by atoms with Gasteiger partial charge in [0, 0.05) is 0 Å². The van der Waals surface area contributed by atoms with Crippen LogP contribution in [0.4, 0.5) is 0 Å². The molecule has 0 aliphatic rings. The molecule has 1 amide bonds. The number of aliphatic hydroxyl groups is 1. The van der Waals surface area contributed by atoms with Crippen LogP contribution in [0.3, 0.4) is 0 Å². The van der Waals surface area contributed by atoms with Crippen molar-refractivity contribution in [2.75, 3.05) is 0 Å². The lowest BCUT2D eigenvalue weighted by atomic mass is 10.0. The summed E-state index contributed by atoms with van der Waals surface area (Å²) in [6.45, 7) is 1.58. The van der Waals surface area contributed by atoms with E-state index in [2.05, 4.69) is 4.98 Å². The van der Waals surface area contributed by atoms with Gasteiger partial charge in [-0.3, -0.25) is 4.79 Å². The number of carbonyl (C=O) groups excluding carboxylic acids is 1. The number of hydrogen-bond acceptors (Lipinski definition) is 4. The summed E-state index contributed by atoms with van der Waals surface area (Å²) in [5, 5.41) is 9.09. The molecule has 72 valence electrons. The Morgan fingerprint density at radius 3 is 2.92 bits per heavy atom. The molecule has 1 rings (SSSR count). The third kappa shape index (κ3) is 2.55. The lowest BCUT2D eigenvalue weighted by Gasteiger charge is -2.10. The zero-order valence-corrected chi connectivity index (χ0v) is 7.30. The Balaban J connectivity index is 2.75. The normalized spacial score (nSPS) is 15.2. The van der Waals surface area contributed by atoms with Crippen LogP contribution >= 0.6 is 0 Å². The lowest BCUT2D eigenvalue weighted by Crippen LogP contribution is -2.24. The molecule has 0 radical (unpaired) electrons. The average Bonchev–Trinajstić information content (AvgIpc) is 2.50. The fraction of sp³-hybridized carbons (Fsp3) is 0.500. The second-order valence-electron chi connectivity index (χ2n) is 2.91. The summed E-state index contributed by atoms with van der Waals surface area (Å²) in [5.74, 6) is -0.924. The van der Waals surface area contributed by atoms with Gasteiger partial charge in [-0.1, -0.05) is 0 Å². The number of amides is 1. The number of nitrogens with zero attached hydrogens (tertiary/aromatic N) is 1. The summed E-state index contributed by atoms with van der Waals surface area (Å²) in [6.07, 6.45) is 2.43. The first kappa shape index (κ1) is 9.73. The molecular weight excluding hydrogens is 172 g/mol. The Kier molecular flexibility index (Phi) is 3.02. The van der Waals surface area contributed by atoms with E-state index in [1.807, 2.05) is 0 Å². The van der Waals surface area contributed by atoms with Crippen LogP contribution in [0.15, 0.2) is 16.9 Å². The van der Waals surface area contributed by atoms with Crippen molar-refractivity contribution in [3.63, 3.8) is 0 Å². The van der Waals surface area contributed by atoms with Gasteiger partial charge in [0.05, 0.1) is 12.3 Å². The Bertz CT molecular complexity index is 269. The van der Waals surface area contributed by atoms with E-state index in [1.165, 1.54) is 12.5 Å². The number of carbonyl (C=O) groups is 1. The van der Waals surface area contributed by atoms with E-state index in [4.69, 9.17) is 15.3 Å². The summed E-state index contributed by atoms with van der Waals surface area (Å²) in [4.78, 5) is 14.8. The van der Waals surface area contributed by atoms with Crippen molar-refractivity contribution < 1.29 is 14.3 Å². The molecule has 1 aromatic rings. The number of nitrogens with two attached hydrogens (primary N) is 1. The highest BCUT2D eigenvalue weighted by molar-refractivity contribution is 5.80. The number of rotatable bonds is 4. The van der Waals surface area contributed by atoms with Gasteiger partial charge in [-0.25, -0.2) is 4.98 Å². The van der Waals surface area contributed by atoms with Crippen molar-refractivity contribution in [2.45, 2.75) is 25.4 Å². The Morgan fingerprint density at radius 2 is 2.54 bits per heavy atom. The molecule has 0 bridgehead atoms. The standard InChI is InChI=1S/C8H12N2O3/c1-5(11)4-6(7(9)12)8-10-2-3-13-8/h2-3,5-6,11H,4H2,1H3,(H2,9,12). The maximum atomic E-state index is 10.9. The van der Waals surface area contributed by atoms with E-state index in [-0.39, 0.29) is 12.3 Å². The molecule has 0 spiro atoms. The van der Waals surface area contributed by atoms with Crippen LogP contribution in [-0.2, 0) is 4.79 Å². The van der Waals surface area contributed by atoms with E-state index in [0.29, 0.717) is 0 Å². The molecule has 0 saturated heterocycles. The topological polar surface area (TPSA) is 89.4 Å². The number of oxazole rings is 1. The minimum Gasteiger partial charge on any atom is -0.448 e. The summed E-state index contributed by atoms with van der Waals surface area (Å²) in [7, 11) is 0. The number of aliphatic hydroxyl groups excluding tert-OH is 1. The van der Waals surface area contributed by atoms with Crippen LogP contribution < -0.4 is 5.73 Å². The van der Waals surface area contributed by atoms with E-state index < -0.39 is 17.9 Å². The molecule has 0 fully saturated rings. The lowest BCUT2D eigenvalue weighted by molar-refractivity contribution is -0.120. The molecule has 0 aliphatic heterocycles. The van der Waals surface area contributed by atoms with E-state index in [0.717, 1.165) is 0 Å². The predicted octanol–water partition coefficient (Wildman–Crippen LogP) is 0.0144. The summed E-state index contributed by atoms with van der Waals surface area (Å²) in [5.41, 5.74) is 5.13. The maximum absolute atomic E-state index is 10.9. The van der Waals surface area contributed by atoms with Crippen LogP contribution in [0.1, 0.15) is 25.2 Å². The van der Waals surface area contributed by atoms with Crippen molar-refractivity contribution >= 4 is 5.91 Å². The highest BCUT2D eigenvalue weighted by Gasteiger charge is 2.23. The van der Waals surface area contributed by atoms with Gasteiger partial charge in [-0.05, 0) is 13.3 Å². The number of primary amides is 1. The monoisotopic (exact) mass is 184 g/mol. The predicted molar refractivity (Wildman–Crippen MR) is 44.7 cm³/mol. The van der Waals surface area contributed by atoms with Crippen LogP contribution in [0.5, 0.6) is 0 Å². The fourth-order valence-corrected chi connectivity index (χ4v) is 1.09. The van der Waals surface area contributed by atoms with Crippen molar-refractivity contribution in [2.24, 2.45) is 5.73 Å². The summed E-state index contributed by atoms with van der Waals surface area (Å²) in [6, 6.07) is 0. The third-order valence-corrected chi connectivity index (χ3v) is 1.67. The van der Waals surface area contributed by atoms with Gasteiger partial charge < -0.3 is 15.3 Å². The smallest absolute Gasteiger partial charge is 0.230 e. The minimum atomic E-state index is -0.644. The first-order valence-corrected chi connectivity index (χ1v) is 3.98. The second-order valence-corrected chi connectivity index (χ2v) is 2.91. The molecule has 0 saturated carbocycles. The average molecular weight is 184 g/mol. The fourth-order valence-electron chi connectivity index (χ4n) is 1.09. The molecule has 1 aromatic heterocycles. The Labute approximate surface area is 75.6 Å². The first-order valence-electron chi connectivity index (χ1n) is 3.98. The van der Waals surface area contributed by atoms with E-state index in [1.54, 1.807) is 6.92 Å². The van der Waals surface area contributed by atoms with E-state index >= 15 is 0 Å². The highest BCUT2D eigenvalue weighted by Crippen LogP contribution is 2.18. The highest BCUT2D eigenvalue weighted by atomic mass is 16.3. The molecule has 13 heavy (non-hydrogen) atoms. The van der Waals surface area contributed by atoms with Crippen molar-refractivity contribution in [3.8, 4) is 0 Å². The van der Waals surface area contributed by atoms with Crippen LogP contribution in [0, 0.1) is 0 Å². The second kappa shape index (κ2) is 4.04. The molecule has 3 N–H and O–H groups in total. The molecule has 5 heteroatoms. The van der Waals surface area contributed by atoms with Gasteiger partial charge >= 0.3 is 0 Å². The number of hydrogen-bond donors (Lipinski definition) is 2. The van der Waals surface area contributed by atoms with Gasteiger partial charge in [-0.2, -0.15) is 0 Å². The van der Waals surface area contributed by atoms with Gasteiger partial charge in [0.15, 0.2) is 0 Å². The Morgan fingerprint density at radius 1 is 1.85 bits per heavy atom. The molecule has 2 atom stereocenters. The van der Waals surface area contributed by atoms with Crippen LogP contribution in [0.25, 0.3) is 0 Å². The van der Waals surface area contributed by atoms with Crippen molar-refractivity contribution in [1.82, 2.24) is 4.98 Å². The molecule has 0 aromatic carbocycles. The summed E-state index contributed by atoms with van der Waals surface area (Å²) < 4.78 is 4.93. The zero-order chi connectivity index (χ0) is 9.84. The van der Waals surface area contributed by atoms with Gasteiger partial charge in [0.2, 0.25) is 11.8 Å². The van der Waals surface area contributed by atoms with Crippen LogP contribution in [-0.4, -0.2) is 22.1 Å². The maximum Gasteiger partial charge on any atom is 0.230 e. The summed E-state index contributed by atoms with van der Waals surface area (Å²) >= 11 is 0. The minimum absolute atomic E-state index is 0.232. The van der Waals surface area contributed by atoms with Crippen molar-refractivity contribution in [3.05, 3.63) is 18.4 Å². The zero-order valence-electron chi connectivity index (χ0n) is 7.30.